The first-order chi connectivity index (χ1) is 6.22. The number of carbonyl (C=O) groups excluding carboxylic acids is 1. The van der Waals surface area contributed by atoms with E-state index in [1.54, 1.807) is 0 Å². The van der Waals surface area contributed by atoms with Gasteiger partial charge in [-0.25, -0.2) is 0 Å². The Morgan fingerprint density at radius 2 is 2.46 bits per heavy atom. The van der Waals surface area contributed by atoms with Crippen molar-refractivity contribution in [2.75, 3.05) is 32.8 Å². The summed E-state index contributed by atoms with van der Waals surface area (Å²) in [7, 11) is 0. The van der Waals surface area contributed by atoms with E-state index in [0.29, 0.717) is 13.1 Å². The summed E-state index contributed by atoms with van der Waals surface area (Å²) < 4.78 is 5.38. The molecule has 0 saturated carbocycles. The molecule has 0 aliphatic carbocycles. The molecule has 1 N–H and O–H groups in total. The predicted octanol–water partition coefficient (Wildman–Crippen LogP) is -0.157. The summed E-state index contributed by atoms with van der Waals surface area (Å²) in [6, 6.07) is 0. The second kappa shape index (κ2) is 5.19. The van der Waals surface area contributed by atoms with E-state index in [2.05, 4.69) is 10.2 Å². The van der Waals surface area contributed by atoms with Crippen LogP contribution in [0, 0.1) is 0 Å². The van der Waals surface area contributed by atoms with Gasteiger partial charge >= 0.3 is 0 Å². The average Bonchev–Trinajstić information content (AvgIpc) is 2.04. The van der Waals surface area contributed by atoms with Crippen molar-refractivity contribution in [2.24, 2.45) is 0 Å². The molecule has 1 rings (SSSR count). The molecule has 1 atom stereocenters. The van der Waals surface area contributed by atoms with E-state index in [-0.39, 0.29) is 12.0 Å². The molecule has 76 valence electrons. The maximum atomic E-state index is 11.2. The minimum absolute atomic E-state index is 0.108. The third-order valence-corrected chi connectivity index (χ3v) is 2.07. The number of amides is 1. The van der Waals surface area contributed by atoms with Crippen LogP contribution in [0.1, 0.15) is 13.8 Å². The highest BCUT2D eigenvalue weighted by Gasteiger charge is 2.18. The summed E-state index contributed by atoms with van der Waals surface area (Å²) in [5.41, 5.74) is 0. The fourth-order valence-corrected chi connectivity index (χ4v) is 1.49. The van der Waals surface area contributed by atoms with Crippen molar-refractivity contribution in [1.29, 1.82) is 0 Å². The van der Waals surface area contributed by atoms with Gasteiger partial charge in [0.2, 0.25) is 5.91 Å². The lowest BCUT2D eigenvalue weighted by atomic mass is 10.3. The van der Waals surface area contributed by atoms with E-state index in [0.717, 1.165) is 19.7 Å². The van der Waals surface area contributed by atoms with E-state index in [1.807, 2.05) is 13.8 Å². The Morgan fingerprint density at radius 1 is 1.69 bits per heavy atom. The van der Waals surface area contributed by atoms with Crippen LogP contribution in [0.3, 0.4) is 0 Å². The normalized spacial score (nSPS) is 24.3. The lowest BCUT2D eigenvalue weighted by Crippen LogP contribution is -2.46. The Hall–Kier alpha value is -0.610. The van der Waals surface area contributed by atoms with Crippen molar-refractivity contribution < 1.29 is 9.53 Å². The molecule has 4 heteroatoms. The number of nitrogens with zero attached hydrogens (tertiary/aromatic N) is 1. The third kappa shape index (κ3) is 3.74. The monoisotopic (exact) mass is 186 g/mol. The van der Waals surface area contributed by atoms with E-state index < -0.39 is 0 Å². The molecule has 0 aromatic heterocycles. The van der Waals surface area contributed by atoms with Crippen LogP contribution in [0.15, 0.2) is 0 Å². The molecule has 1 fully saturated rings. The second-order valence-corrected chi connectivity index (χ2v) is 3.37. The molecule has 1 aliphatic heterocycles. The summed E-state index contributed by atoms with van der Waals surface area (Å²) in [6.07, 6.45) is 0.253. The van der Waals surface area contributed by atoms with Crippen molar-refractivity contribution >= 4 is 5.91 Å². The Kier molecular flexibility index (Phi) is 4.18. The van der Waals surface area contributed by atoms with Gasteiger partial charge in [0.05, 0.1) is 19.3 Å². The van der Waals surface area contributed by atoms with Crippen LogP contribution < -0.4 is 5.32 Å². The van der Waals surface area contributed by atoms with Crippen molar-refractivity contribution in [3.8, 4) is 0 Å². The maximum Gasteiger partial charge on any atom is 0.234 e. The zero-order valence-corrected chi connectivity index (χ0v) is 8.38. The third-order valence-electron chi connectivity index (χ3n) is 2.07. The van der Waals surface area contributed by atoms with E-state index in [9.17, 15) is 4.79 Å². The van der Waals surface area contributed by atoms with Gasteiger partial charge in [0.1, 0.15) is 0 Å². The number of morpholine rings is 1. The Bertz CT molecular complexity index is 173. The molecular formula is C9H18N2O2. The molecule has 0 unspecified atom stereocenters. The van der Waals surface area contributed by atoms with Gasteiger partial charge < -0.3 is 10.1 Å². The standard InChI is InChI=1S/C9H18N2O2/c1-3-10-9(12)7-11-4-5-13-8(2)6-11/h8H,3-7H2,1-2H3,(H,10,12)/t8-/m1/s1. The molecule has 0 aromatic rings. The minimum Gasteiger partial charge on any atom is -0.376 e. The Morgan fingerprint density at radius 3 is 3.08 bits per heavy atom. The van der Waals surface area contributed by atoms with Crippen LogP contribution in [-0.2, 0) is 9.53 Å². The van der Waals surface area contributed by atoms with Crippen molar-refractivity contribution in [1.82, 2.24) is 10.2 Å². The van der Waals surface area contributed by atoms with E-state index in [1.165, 1.54) is 0 Å². The van der Waals surface area contributed by atoms with Gasteiger partial charge in [-0.3, -0.25) is 9.69 Å². The van der Waals surface area contributed by atoms with Gasteiger partial charge in [-0.1, -0.05) is 0 Å². The first kappa shape index (κ1) is 10.5. The molecule has 1 amide bonds. The SMILES string of the molecule is CCNC(=O)CN1CCO[C@H](C)C1. The zero-order valence-electron chi connectivity index (χ0n) is 8.38. The summed E-state index contributed by atoms with van der Waals surface area (Å²) in [5, 5.41) is 2.79. The minimum atomic E-state index is 0.108. The lowest BCUT2D eigenvalue weighted by Gasteiger charge is -2.30. The lowest BCUT2D eigenvalue weighted by molar-refractivity contribution is -0.123. The maximum absolute atomic E-state index is 11.2. The molecule has 0 radical (unpaired) electrons. The van der Waals surface area contributed by atoms with Gasteiger partial charge in [0, 0.05) is 19.6 Å². The predicted molar refractivity (Wildman–Crippen MR) is 50.5 cm³/mol. The topological polar surface area (TPSA) is 41.6 Å². The fourth-order valence-electron chi connectivity index (χ4n) is 1.49. The highest BCUT2D eigenvalue weighted by atomic mass is 16.5. The molecule has 1 heterocycles. The average molecular weight is 186 g/mol. The van der Waals surface area contributed by atoms with Crippen LogP contribution in [0.2, 0.25) is 0 Å². The fraction of sp³-hybridized carbons (Fsp3) is 0.889. The van der Waals surface area contributed by atoms with Crippen molar-refractivity contribution in [3.05, 3.63) is 0 Å². The summed E-state index contributed by atoms with van der Waals surface area (Å²) in [4.78, 5) is 13.3. The van der Waals surface area contributed by atoms with Crippen LogP contribution in [0.4, 0.5) is 0 Å². The molecule has 0 bridgehead atoms. The van der Waals surface area contributed by atoms with Crippen LogP contribution in [0.5, 0.6) is 0 Å². The number of carbonyl (C=O) groups is 1. The van der Waals surface area contributed by atoms with Gasteiger partial charge in [0.15, 0.2) is 0 Å². The van der Waals surface area contributed by atoms with Crippen LogP contribution >= 0.6 is 0 Å². The van der Waals surface area contributed by atoms with Gasteiger partial charge in [0.25, 0.3) is 0 Å². The molecule has 0 spiro atoms. The quantitative estimate of drug-likeness (QED) is 0.666. The molecule has 1 aliphatic rings. The Balaban J connectivity index is 2.23. The van der Waals surface area contributed by atoms with Crippen molar-refractivity contribution in [2.45, 2.75) is 20.0 Å². The molecule has 4 nitrogen and oxygen atoms in total. The number of hydrogen-bond acceptors (Lipinski definition) is 3. The van der Waals surface area contributed by atoms with Gasteiger partial charge in [-0.2, -0.15) is 0 Å². The van der Waals surface area contributed by atoms with Gasteiger partial charge in [-0.15, -0.1) is 0 Å². The van der Waals surface area contributed by atoms with Crippen molar-refractivity contribution in [3.63, 3.8) is 0 Å². The number of rotatable bonds is 3. The first-order valence-corrected chi connectivity index (χ1v) is 4.83. The second-order valence-electron chi connectivity index (χ2n) is 3.37. The highest BCUT2D eigenvalue weighted by molar-refractivity contribution is 5.77. The number of nitrogens with one attached hydrogen (secondary N) is 1. The molecular weight excluding hydrogens is 168 g/mol. The zero-order chi connectivity index (χ0) is 9.68. The summed E-state index contributed by atoms with van der Waals surface area (Å²) in [6.45, 7) is 7.63. The first-order valence-electron chi connectivity index (χ1n) is 4.83. The number of ether oxygens (including phenoxy) is 1. The van der Waals surface area contributed by atoms with E-state index in [4.69, 9.17) is 4.74 Å². The smallest absolute Gasteiger partial charge is 0.234 e. The Labute approximate surface area is 79.2 Å². The summed E-state index contributed by atoms with van der Waals surface area (Å²) in [5.74, 6) is 0.108. The van der Waals surface area contributed by atoms with Gasteiger partial charge in [-0.05, 0) is 13.8 Å². The van der Waals surface area contributed by atoms with Crippen LogP contribution in [-0.4, -0.2) is 49.7 Å². The summed E-state index contributed by atoms with van der Waals surface area (Å²) >= 11 is 0. The van der Waals surface area contributed by atoms with E-state index >= 15 is 0 Å². The number of likely N-dealkylation sites (N-methyl/N-ethyl adjacent to an activating group) is 1. The largest absolute Gasteiger partial charge is 0.376 e. The molecule has 1 saturated heterocycles. The highest BCUT2D eigenvalue weighted by Crippen LogP contribution is 2.02. The number of hydrogen-bond donors (Lipinski definition) is 1. The van der Waals surface area contributed by atoms with Crippen LogP contribution in [0.25, 0.3) is 0 Å². The molecule has 0 aromatic carbocycles. The molecule has 13 heavy (non-hydrogen) atoms.